The Morgan fingerprint density at radius 1 is 0.963 bits per heavy atom. The van der Waals surface area contributed by atoms with Crippen LogP contribution in [-0.4, -0.2) is 18.9 Å². The molecule has 0 bridgehead atoms. The minimum absolute atomic E-state index is 0.392. The molecule has 138 valence electrons. The average molecular weight is 386 g/mol. The minimum Gasteiger partial charge on any atom is -0.722 e. The Balaban J connectivity index is 0.000000376. The number of carbonyl (C=O) groups excluding carboxylic acids is 1. The van der Waals surface area contributed by atoms with Gasteiger partial charge in [-0.3, -0.25) is 4.79 Å². The van der Waals surface area contributed by atoms with E-state index in [4.69, 9.17) is 18.7 Å². The van der Waals surface area contributed by atoms with Gasteiger partial charge in [-0.15, -0.1) is 3.89 Å². The number of nitrogens with zero attached hydrogens (tertiary/aromatic N) is 1. The van der Waals surface area contributed by atoms with Gasteiger partial charge in [0.05, 0.1) is 16.3 Å². The molecule has 0 aliphatic heterocycles. The lowest BCUT2D eigenvalue weighted by atomic mass is 9.98. The Kier molecular flexibility index (Phi) is 4.77. The van der Waals surface area contributed by atoms with Crippen molar-refractivity contribution in [2.75, 3.05) is 0 Å². The van der Waals surface area contributed by atoms with Crippen molar-refractivity contribution in [2.45, 2.75) is 0 Å². The van der Waals surface area contributed by atoms with E-state index in [0.29, 0.717) is 5.56 Å². The fraction of sp³-hybridized carbons (Fsp3) is 0.0526. The first-order chi connectivity index (χ1) is 12.7. The molecule has 0 radical (unpaired) electrons. The number of hydrogen-bond acceptors (Lipinski definition) is 4. The summed E-state index contributed by atoms with van der Waals surface area (Å²) in [5.74, 6) is -0.392. The van der Waals surface area contributed by atoms with Gasteiger partial charge in [-0.2, -0.15) is 4.57 Å². The van der Waals surface area contributed by atoms with E-state index in [1.165, 1.54) is 0 Å². The summed E-state index contributed by atoms with van der Waals surface area (Å²) in [4.78, 5) is 12.1. The Hall–Kier alpha value is -3.10. The fourth-order valence-corrected chi connectivity index (χ4v) is 3.22. The average Bonchev–Trinajstić information content (AvgIpc) is 2.59. The number of para-hydroxylation sites is 1. The second kappa shape index (κ2) is 6.90. The first-order valence-corrected chi connectivity index (χ1v) is 9.16. The molecule has 0 saturated carbocycles. The zero-order chi connectivity index (χ0) is 19.8. The molecule has 0 saturated heterocycles. The van der Waals surface area contributed by atoms with E-state index in [1.807, 2.05) is 43.4 Å². The van der Waals surface area contributed by atoms with Crippen LogP contribution < -0.4 is 10.3 Å². The molecule has 1 heterocycles. The molecule has 1 aromatic heterocycles. The monoisotopic (exact) mass is 386 g/mol. The third kappa shape index (κ3) is 3.86. The predicted molar refractivity (Wildman–Crippen MR) is 99.5 cm³/mol. The van der Waals surface area contributed by atoms with Gasteiger partial charge in [-0.25, -0.2) is 8.42 Å². The van der Waals surface area contributed by atoms with Gasteiger partial charge in [0.25, 0.3) is 10.5 Å². The Morgan fingerprint density at radius 2 is 1.48 bits per heavy atom. The van der Waals surface area contributed by atoms with Crippen LogP contribution >= 0.6 is 0 Å². The van der Waals surface area contributed by atoms with Crippen molar-refractivity contribution in [1.29, 1.82) is 0 Å². The number of carbonyl (C=O) groups is 1. The molecule has 6 nitrogen and oxygen atoms in total. The van der Waals surface area contributed by atoms with Crippen molar-refractivity contribution in [2.24, 2.45) is 12.8 Å². The van der Waals surface area contributed by atoms with Crippen molar-refractivity contribution in [3.05, 3.63) is 66.2 Å². The quantitative estimate of drug-likeness (QED) is 0.235. The number of aromatic nitrogens is 1. The minimum atomic E-state index is -5.42. The molecule has 0 atom stereocenters. The number of pyridine rings is 1. The molecule has 1 amide bonds. The van der Waals surface area contributed by atoms with Gasteiger partial charge in [-0.1, -0.05) is 36.4 Å². The third-order valence-electron chi connectivity index (χ3n) is 4.28. The van der Waals surface area contributed by atoms with E-state index in [0.717, 1.165) is 32.6 Å². The highest BCUT2D eigenvalue weighted by Gasteiger charge is 2.21. The number of halogens is 1. The van der Waals surface area contributed by atoms with Crippen LogP contribution in [0.1, 0.15) is 10.4 Å². The summed E-state index contributed by atoms with van der Waals surface area (Å²) in [6, 6.07) is 20.2. The van der Waals surface area contributed by atoms with E-state index in [9.17, 15) is 8.68 Å². The third-order valence-corrected chi connectivity index (χ3v) is 4.28. The summed E-state index contributed by atoms with van der Waals surface area (Å²) >= 11 is 0. The highest BCUT2D eigenvalue weighted by molar-refractivity contribution is 7.80. The number of primary amides is 1. The van der Waals surface area contributed by atoms with Crippen molar-refractivity contribution < 1.29 is 26.2 Å². The molecular formula is C19H15FN2O4S. The molecule has 2 N–H and O–H groups in total. The van der Waals surface area contributed by atoms with Gasteiger partial charge in [0.15, 0.2) is 0 Å². The largest absolute Gasteiger partial charge is 0.722 e. The van der Waals surface area contributed by atoms with E-state index in [-0.39, 0.29) is 0 Å². The van der Waals surface area contributed by atoms with Gasteiger partial charge >= 0.3 is 0 Å². The van der Waals surface area contributed by atoms with Gasteiger partial charge in [0, 0.05) is 12.1 Å². The summed E-state index contributed by atoms with van der Waals surface area (Å²) < 4.78 is 37.4. The van der Waals surface area contributed by atoms with Crippen molar-refractivity contribution >= 4 is 49.0 Å². The summed E-state index contributed by atoms with van der Waals surface area (Å²) in [6.45, 7) is 0. The van der Waals surface area contributed by atoms with Crippen molar-refractivity contribution in [3.8, 4) is 0 Å². The first-order valence-electron chi connectivity index (χ1n) is 7.85. The molecular weight excluding hydrogens is 371 g/mol. The Labute approximate surface area is 154 Å². The summed E-state index contributed by atoms with van der Waals surface area (Å²) in [5, 5.41) is 4.04. The highest BCUT2D eigenvalue weighted by atomic mass is 32.3. The highest BCUT2D eigenvalue weighted by Crippen LogP contribution is 2.28. The van der Waals surface area contributed by atoms with E-state index < -0.39 is 16.4 Å². The van der Waals surface area contributed by atoms with Crippen LogP contribution in [0.3, 0.4) is 0 Å². The lowest BCUT2D eigenvalue weighted by molar-refractivity contribution is -0.617. The number of aryl methyl sites for hydroxylation is 1. The Bertz CT molecular complexity index is 1300. The number of hydrogen-bond donors (Lipinski definition) is 1. The molecule has 0 fully saturated rings. The Morgan fingerprint density at radius 3 is 2.07 bits per heavy atom. The summed E-state index contributed by atoms with van der Waals surface area (Å²) in [7, 11) is -3.40. The molecule has 0 spiro atoms. The topological polar surface area (TPSA) is 104 Å². The zero-order valence-electron chi connectivity index (χ0n) is 14.2. The standard InChI is InChI=1S/C19H14N2O.FHO3S/c1-21-16-9-5-4-8-14(16)18(19(20)22)15-10-12-6-2-3-7-13(12)11-17(15)21;1-5(2,3)4/h2-11H,1H3,(H-,20,22);(H,2,3,4). The number of fused-ring (bicyclic) bond motifs is 3. The molecule has 4 rings (SSSR count). The van der Waals surface area contributed by atoms with E-state index in [1.54, 1.807) is 0 Å². The molecule has 27 heavy (non-hydrogen) atoms. The lowest BCUT2D eigenvalue weighted by Gasteiger charge is -2.08. The van der Waals surface area contributed by atoms with E-state index >= 15 is 0 Å². The molecule has 3 aromatic carbocycles. The maximum atomic E-state index is 12.1. The maximum Gasteiger partial charge on any atom is 0.255 e. The molecule has 0 aliphatic carbocycles. The van der Waals surface area contributed by atoms with Crippen LogP contribution in [0.2, 0.25) is 0 Å². The molecule has 4 aromatic rings. The number of amides is 1. The smallest absolute Gasteiger partial charge is 0.255 e. The SMILES string of the molecule is C[n+]1c2ccccc2c(C(N)=O)c2cc3ccccc3cc21.O=S(=O)([O-])F. The predicted octanol–water partition coefficient (Wildman–Crippen LogP) is 2.49. The molecule has 0 unspecified atom stereocenters. The van der Waals surface area contributed by atoms with Gasteiger partial charge in [0.1, 0.15) is 7.05 Å². The zero-order valence-corrected chi connectivity index (χ0v) is 15.0. The van der Waals surface area contributed by atoms with Crippen LogP contribution in [0.4, 0.5) is 3.89 Å². The second-order valence-corrected chi connectivity index (χ2v) is 6.71. The van der Waals surface area contributed by atoms with Crippen LogP contribution in [0.5, 0.6) is 0 Å². The van der Waals surface area contributed by atoms with Crippen molar-refractivity contribution in [3.63, 3.8) is 0 Å². The number of nitrogens with two attached hydrogens (primary N) is 1. The summed E-state index contributed by atoms with van der Waals surface area (Å²) in [5.41, 5.74) is 8.29. The first kappa shape index (κ1) is 18.7. The van der Waals surface area contributed by atoms with Crippen LogP contribution in [0.15, 0.2) is 60.7 Å². The molecule has 0 aliphatic rings. The van der Waals surface area contributed by atoms with Gasteiger partial charge in [-0.05, 0) is 22.9 Å². The fourth-order valence-electron chi connectivity index (χ4n) is 3.22. The van der Waals surface area contributed by atoms with Crippen molar-refractivity contribution in [1.82, 2.24) is 0 Å². The second-order valence-electron chi connectivity index (χ2n) is 5.93. The normalized spacial score (nSPS) is 11.4. The van der Waals surface area contributed by atoms with Gasteiger partial charge < -0.3 is 10.3 Å². The lowest BCUT2D eigenvalue weighted by Crippen LogP contribution is -2.31. The number of benzene rings is 3. The summed E-state index contributed by atoms with van der Waals surface area (Å²) in [6.07, 6.45) is 0. The van der Waals surface area contributed by atoms with Gasteiger partial charge in [0.2, 0.25) is 16.9 Å². The van der Waals surface area contributed by atoms with E-state index in [2.05, 4.69) is 28.8 Å². The molecule has 8 heteroatoms. The van der Waals surface area contributed by atoms with Crippen LogP contribution in [-0.2, 0) is 17.6 Å². The maximum absolute atomic E-state index is 12.1. The number of rotatable bonds is 1. The van der Waals surface area contributed by atoms with Crippen LogP contribution in [0.25, 0.3) is 32.6 Å². The van der Waals surface area contributed by atoms with Crippen LogP contribution in [0, 0.1) is 0 Å².